The van der Waals surface area contributed by atoms with Crippen LogP contribution in [0.1, 0.15) is 16.2 Å². The Morgan fingerprint density at radius 1 is 1.64 bits per heavy atom. The number of nitrogens with zero attached hydrogens (tertiary/aromatic N) is 3. The number of hydrogen-bond donors (Lipinski definition) is 1. The van der Waals surface area contributed by atoms with Crippen molar-refractivity contribution in [3.63, 3.8) is 0 Å². The largest absolute Gasteiger partial charge is 0.476 e. The van der Waals surface area contributed by atoms with Crippen molar-refractivity contribution in [1.29, 1.82) is 0 Å². The van der Waals surface area contributed by atoms with Crippen molar-refractivity contribution in [1.82, 2.24) is 14.7 Å². The van der Waals surface area contributed by atoms with Gasteiger partial charge in [-0.25, -0.2) is 9.78 Å². The van der Waals surface area contributed by atoms with Gasteiger partial charge in [0.2, 0.25) is 0 Å². The van der Waals surface area contributed by atoms with Crippen molar-refractivity contribution in [3.8, 4) is 5.69 Å². The second kappa shape index (κ2) is 2.99. The van der Waals surface area contributed by atoms with Crippen molar-refractivity contribution < 1.29 is 14.4 Å². The van der Waals surface area contributed by atoms with Gasteiger partial charge in [-0.15, -0.1) is 0 Å². The van der Waals surface area contributed by atoms with Gasteiger partial charge in [0.25, 0.3) is 0 Å². The molecule has 72 valence electrons. The predicted molar refractivity (Wildman–Crippen MR) is 45.3 cm³/mol. The van der Waals surface area contributed by atoms with Gasteiger partial charge in [0.05, 0.1) is 0 Å². The van der Waals surface area contributed by atoms with E-state index in [0.717, 1.165) is 0 Å². The molecule has 0 radical (unpaired) electrons. The zero-order valence-electron chi connectivity index (χ0n) is 7.34. The Kier molecular flexibility index (Phi) is 1.81. The van der Waals surface area contributed by atoms with E-state index in [9.17, 15) is 4.79 Å². The van der Waals surface area contributed by atoms with Crippen molar-refractivity contribution in [2.24, 2.45) is 0 Å². The minimum Gasteiger partial charge on any atom is -0.476 e. The third kappa shape index (κ3) is 1.26. The van der Waals surface area contributed by atoms with Crippen LogP contribution in [0.15, 0.2) is 23.3 Å². The molecule has 0 aliphatic carbocycles. The SMILES string of the molecule is Cc1nocc1-n1cnc(C(=O)O)c1. The van der Waals surface area contributed by atoms with Gasteiger partial charge in [-0.05, 0) is 6.92 Å². The lowest BCUT2D eigenvalue weighted by Gasteiger charge is -1.94. The molecule has 0 unspecified atom stereocenters. The molecule has 2 rings (SSSR count). The van der Waals surface area contributed by atoms with Gasteiger partial charge in [0.1, 0.15) is 24.0 Å². The molecule has 0 spiro atoms. The van der Waals surface area contributed by atoms with E-state index in [2.05, 4.69) is 10.1 Å². The standard InChI is InChI=1S/C8H7N3O3/c1-5-7(3-14-10-5)11-2-6(8(12)13)9-4-11/h2-4H,1H3,(H,12,13). The van der Waals surface area contributed by atoms with Crippen molar-refractivity contribution in [2.45, 2.75) is 6.92 Å². The van der Waals surface area contributed by atoms with Crippen molar-refractivity contribution in [3.05, 3.63) is 30.2 Å². The topological polar surface area (TPSA) is 81.2 Å². The van der Waals surface area contributed by atoms with Gasteiger partial charge in [0, 0.05) is 6.20 Å². The van der Waals surface area contributed by atoms with Crippen LogP contribution in [0.25, 0.3) is 5.69 Å². The lowest BCUT2D eigenvalue weighted by molar-refractivity contribution is 0.0691. The molecule has 0 aliphatic heterocycles. The van der Waals surface area contributed by atoms with Crippen LogP contribution in [0, 0.1) is 6.92 Å². The maximum Gasteiger partial charge on any atom is 0.356 e. The first-order chi connectivity index (χ1) is 6.68. The fourth-order valence-corrected chi connectivity index (χ4v) is 1.10. The summed E-state index contributed by atoms with van der Waals surface area (Å²) < 4.78 is 6.27. The molecule has 14 heavy (non-hydrogen) atoms. The number of aromatic carboxylic acids is 1. The van der Waals surface area contributed by atoms with E-state index in [1.54, 1.807) is 11.5 Å². The fraction of sp³-hybridized carbons (Fsp3) is 0.125. The minimum atomic E-state index is -1.06. The number of aryl methyl sites for hydroxylation is 1. The lowest BCUT2D eigenvalue weighted by Crippen LogP contribution is -1.96. The maximum absolute atomic E-state index is 10.6. The number of hydrogen-bond acceptors (Lipinski definition) is 4. The third-order valence-corrected chi connectivity index (χ3v) is 1.80. The van der Waals surface area contributed by atoms with Gasteiger partial charge in [0.15, 0.2) is 5.69 Å². The number of carboxylic acid groups (broad SMARTS) is 1. The van der Waals surface area contributed by atoms with Crippen LogP contribution < -0.4 is 0 Å². The normalized spacial score (nSPS) is 10.4. The highest BCUT2D eigenvalue weighted by molar-refractivity contribution is 5.85. The summed E-state index contributed by atoms with van der Waals surface area (Å²) in [5.74, 6) is -1.06. The van der Waals surface area contributed by atoms with E-state index < -0.39 is 5.97 Å². The first kappa shape index (κ1) is 8.49. The van der Waals surface area contributed by atoms with Crippen LogP contribution in [0.2, 0.25) is 0 Å². The van der Waals surface area contributed by atoms with E-state index in [1.165, 1.54) is 18.8 Å². The van der Waals surface area contributed by atoms with Gasteiger partial charge < -0.3 is 14.2 Å². The minimum absolute atomic E-state index is 0.00870. The molecule has 0 amide bonds. The van der Waals surface area contributed by atoms with E-state index in [4.69, 9.17) is 9.63 Å². The summed E-state index contributed by atoms with van der Waals surface area (Å²) in [7, 11) is 0. The molecular formula is C8H7N3O3. The summed E-state index contributed by atoms with van der Waals surface area (Å²) in [5, 5.41) is 12.3. The average Bonchev–Trinajstić information content (AvgIpc) is 2.71. The summed E-state index contributed by atoms with van der Waals surface area (Å²) in [6.07, 6.45) is 4.24. The Labute approximate surface area is 78.8 Å². The Morgan fingerprint density at radius 3 is 2.93 bits per heavy atom. The molecule has 1 N–H and O–H groups in total. The molecule has 2 heterocycles. The monoisotopic (exact) mass is 193 g/mol. The molecule has 0 atom stereocenters. The third-order valence-electron chi connectivity index (χ3n) is 1.80. The number of imidazole rings is 1. The average molecular weight is 193 g/mol. The second-order valence-corrected chi connectivity index (χ2v) is 2.76. The Hall–Kier alpha value is -2.11. The van der Waals surface area contributed by atoms with Crippen LogP contribution in [0.3, 0.4) is 0 Å². The number of aromatic nitrogens is 3. The fourth-order valence-electron chi connectivity index (χ4n) is 1.10. The first-order valence-electron chi connectivity index (χ1n) is 3.87. The molecule has 0 aromatic carbocycles. The van der Waals surface area contributed by atoms with Crippen molar-refractivity contribution in [2.75, 3.05) is 0 Å². The number of carbonyl (C=O) groups is 1. The van der Waals surface area contributed by atoms with Crippen LogP contribution in [0.5, 0.6) is 0 Å². The van der Waals surface area contributed by atoms with Crippen LogP contribution in [0.4, 0.5) is 0 Å². The highest BCUT2D eigenvalue weighted by atomic mass is 16.5. The summed E-state index contributed by atoms with van der Waals surface area (Å²) in [4.78, 5) is 14.3. The highest BCUT2D eigenvalue weighted by Gasteiger charge is 2.10. The smallest absolute Gasteiger partial charge is 0.356 e. The molecule has 6 nitrogen and oxygen atoms in total. The zero-order chi connectivity index (χ0) is 10.1. The zero-order valence-corrected chi connectivity index (χ0v) is 7.34. The number of carboxylic acids is 1. The molecule has 0 saturated heterocycles. The predicted octanol–water partition coefficient (Wildman–Crippen LogP) is 0.867. The van der Waals surface area contributed by atoms with Crippen LogP contribution in [-0.2, 0) is 0 Å². The van der Waals surface area contributed by atoms with E-state index >= 15 is 0 Å². The Bertz CT molecular complexity index is 472. The van der Waals surface area contributed by atoms with E-state index in [-0.39, 0.29) is 5.69 Å². The molecule has 2 aromatic rings. The Morgan fingerprint density at radius 2 is 2.43 bits per heavy atom. The van der Waals surface area contributed by atoms with Gasteiger partial charge in [-0.2, -0.15) is 0 Å². The van der Waals surface area contributed by atoms with Crippen molar-refractivity contribution >= 4 is 5.97 Å². The molecule has 0 saturated carbocycles. The van der Waals surface area contributed by atoms with Gasteiger partial charge in [-0.3, -0.25) is 0 Å². The van der Waals surface area contributed by atoms with Crippen LogP contribution in [-0.4, -0.2) is 25.8 Å². The first-order valence-corrected chi connectivity index (χ1v) is 3.87. The maximum atomic E-state index is 10.6. The summed E-state index contributed by atoms with van der Waals surface area (Å²) in [6, 6.07) is 0. The van der Waals surface area contributed by atoms with E-state index in [1.807, 2.05) is 0 Å². The molecule has 0 bridgehead atoms. The Balaban J connectivity index is 2.43. The summed E-state index contributed by atoms with van der Waals surface area (Å²) in [6.45, 7) is 1.76. The summed E-state index contributed by atoms with van der Waals surface area (Å²) >= 11 is 0. The molecule has 6 heteroatoms. The lowest BCUT2D eigenvalue weighted by atomic mass is 10.4. The van der Waals surface area contributed by atoms with Crippen LogP contribution >= 0.6 is 0 Å². The molecular weight excluding hydrogens is 186 g/mol. The van der Waals surface area contributed by atoms with Gasteiger partial charge in [-0.1, -0.05) is 5.16 Å². The molecule has 2 aromatic heterocycles. The van der Waals surface area contributed by atoms with Gasteiger partial charge >= 0.3 is 5.97 Å². The summed E-state index contributed by atoms with van der Waals surface area (Å²) in [5.41, 5.74) is 1.36. The molecule has 0 aliphatic rings. The highest BCUT2D eigenvalue weighted by Crippen LogP contribution is 2.12. The van der Waals surface area contributed by atoms with E-state index in [0.29, 0.717) is 11.4 Å². The quantitative estimate of drug-likeness (QED) is 0.765. The molecule has 0 fully saturated rings. The second-order valence-electron chi connectivity index (χ2n) is 2.76. The number of rotatable bonds is 2.